The van der Waals surface area contributed by atoms with Crippen LogP contribution in [-0.2, 0) is 0 Å². The standard InChI is InChI=1S/2C25H20Si/c1-19-16-17-25-23(18-19)22-14-8-9-15-24(22)26(25,20-10-4-2-5-11-20)21-12-6-3-7-13-21;1-19-16-17-23-22-14-8-9-15-24(22)26(25(23)18-19,20-10-4-2-5-11-20)21-12-6-3-7-13-21/h2*2-18H,1H3. The topological polar surface area (TPSA) is 0 Å². The first kappa shape index (κ1) is 32.1. The molecule has 0 aliphatic carbocycles. The number of rotatable bonds is 4. The maximum absolute atomic E-state index is 2.43. The minimum absolute atomic E-state index is 1.32. The minimum atomic E-state index is -2.26. The summed E-state index contributed by atoms with van der Waals surface area (Å²) in [6, 6.07) is 76.6. The summed E-state index contributed by atoms with van der Waals surface area (Å²) in [6.07, 6.45) is 0. The zero-order chi connectivity index (χ0) is 35.1. The van der Waals surface area contributed by atoms with Crippen LogP contribution in [-0.4, -0.2) is 16.1 Å². The van der Waals surface area contributed by atoms with Gasteiger partial charge in [-0.15, -0.1) is 0 Å². The average Bonchev–Trinajstić information content (AvgIpc) is 3.67. The van der Waals surface area contributed by atoms with Gasteiger partial charge in [0.2, 0.25) is 0 Å². The highest BCUT2D eigenvalue weighted by molar-refractivity contribution is 7.23. The van der Waals surface area contributed by atoms with E-state index in [0.717, 1.165) is 0 Å². The van der Waals surface area contributed by atoms with Crippen molar-refractivity contribution in [2.24, 2.45) is 0 Å². The van der Waals surface area contributed by atoms with Crippen molar-refractivity contribution in [1.29, 1.82) is 0 Å². The van der Waals surface area contributed by atoms with E-state index in [0.29, 0.717) is 0 Å². The van der Waals surface area contributed by atoms with Crippen molar-refractivity contribution in [3.05, 3.63) is 217 Å². The maximum Gasteiger partial charge on any atom is 0.180 e. The quantitative estimate of drug-likeness (QED) is 0.180. The average molecular weight is 697 g/mol. The Morgan fingerprint density at radius 2 is 0.577 bits per heavy atom. The third-order valence-electron chi connectivity index (χ3n) is 11.2. The summed E-state index contributed by atoms with van der Waals surface area (Å²) < 4.78 is 0. The summed E-state index contributed by atoms with van der Waals surface area (Å²) in [7, 11) is -4.51. The van der Waals surface area contributed by atoms with Gasteiger partial charge in [0.05, 0.1) is 0 Å². The van der Waals surface area contributed by atoms with Crippen LogP contribution >= 0.6 is 0 Å². The lowest BCUT2D eigenvalue weighted by Gasteiger charge is -2.31. The van der Waals surface area contributed by atoms with Crippen molar-refractivity contribution in [3.63, 3.8) is 0 Å². The molecule has 0 atom stereocenters. The van der Waals surface area contributed by atoms with E-state index in [9.17, 15) is 0 Å². The fraction of sp³-hybridized carbons (Fsp3) is 0.0400. The van der Waals surface area contributed by atoms with Gasteiger partial charge in [0.25, 0.3) is 0 Å². The first-order valence-electron chi connectivity index (χ1n) is 18.3. The highest BCUT2D eigenvalue weighted by Crippen LogP contribution is 2.30. The molecule has 0 N–H and O–H groups in total. The Hall–Kier alpha value is -5.81. The number of hydrogen-bond acceptors (Lipinski definition) is 0. The highest BCUT2D eigenvalue weighted by atomic mass is 28.3. The summed E-state index contributed by atoms with van der Waals surface area (Å²) in [5, 5.41) is 11.9. The van der Waals surface area contributed by atoms with Crippen LogP contribution in [0.25, 0.3) is 22.3 Å². The molecule has 0 aromatic heterocycles. The third-order valence-corrected chi connectivity index (χ3v) is 21.0. The van der Waals surface area contributed by atoms with E-state index >= 15 is 0 Å². The van der Waals surface area contributed by atoms with Crippen LogP contribution in [0.1, 0.15) is 11.1 Å². The predicted octanol–water partition coefficient (Wildman–Crippen LogP) is 6.71. The summed E-state index contributed by atoms with van der Waals surface area (Å²) in [6.45, 7) is 4.40. The predicted molar refractivity (Wildman–Crippen MR) is 228 cm³/mol. The molecule has 0 fully saturated rings. The van der Waals surface area contributed by atoms with Crippen LogP contribution in [0.2, 0.25) is 0 Å². The normalized spacial score (nSPS) is 13.9. The molecule has 0 amide bonds. The van der Waals surface area contributed by atoms with Gasteiger partial charge in [-0.05, 0) is 77.6 Å². The Morgan fingerprint density at radius 1 is 0.250 bits per heavy atom. The molecule has 2 heterocycles. The van der Waals surface area contributed by atoms with Gasteiger partial charge in [-0.3, -0.25) is 0 Å². The second-order valence-corrected chi connectivity index (χ2v) is 21.6. The van der Waals surface area contributed by atoms with Gasteiger partial charge in [-0.1, -0.05) is 217 Å². The van der Waals surface area contributed by atoms with Crippen LogP contribution in [0.15, 0.2) is 206 Å². The third kappa shape index (κ3) is 4.86. The minimum Gasteiger partial charge on any atom is -0.0623 e. The van der Waals surface area contributed by atoms with Crippen LogP contribution < -0.4 is 41.5 Å². The van der Waals surface area contributed by atoms with Crippen molar-refractivity contribution in [3.8, 4) is 22.3 Å². The van der Waals surface area contributed by atoms with E-state index in [1.807, 2.05) is 0 Å². The molecule has 8 aromatic rings. The van der Waals surface area contributed by atoms with Crippen LogP contribution in [0.5, 0.6) is 0 Å². The van der Waals surface area contributed by atoms with Crippen LogP contribution in [0, 0.1) is 13.8 Å². The second-order valence-electron chi connectivity index (χ2n) is 14.2. The Labute approximate surface area is 309 Å². The lowest BCUT2D eigenvalue weighted by atomic mass is 10.0. The molecule has 2 aliphatic heterocycles. The number of fused-ring (bicyclic) bond motifs is 6. The molecule has 248 valence electrons. The molecule has 0 spiro atoms. The summed E-state index contributed by atoms with van der Waals surface area (Å²) in [4.78, 5) is 0. The number of aryl methyl sites for hydroxylation is 2. The lowest BCUT2D eigenvalue weighted by Crippen LogP contribution is -2.72. The largest absolute Gasteiger partial charge is 0.180 e. The molecule has 0 saturated heterocycles. The zero-order valence-corrected chi connectivity index (χ0v) is 31.6. The lowest BCUT2D eigenvalue weighted by molar-refractivity contribution is 1.49. The van der Waals surface area contributed by atoms with E-state index in [4.69, 9.17) is 0 Å². The van der Waals surface area contributed by atoms with Crippen molar-refractivity contribution in [1.82, 2.24) is 0 Å². The van der Waals surface area contributed by atoms with Gasteiger partial charge < -0.3 is 0 Å². The van der Waals surface area contributed by atoms with E-state index in [1.165, 1.54) is 74.9 Å². The number of hydrogen-bond donors (Lipinski definition) is 0. The van der Waals surface area contributed by atoms with Crippen LogP contribution in [0.3, 0.4) is 0 Å². The molecule has 0 nitrogen and oxygen atoms in total. The Bertz CT molecular complexity index is 2440. The van der Waals surface area contributed by atoms with Gasteiger partial charge in [-0.25, -0.2) is 0 Å². The smallest absolute Gasteiger partial charge is 0.0623 e. The highest BCUT2D eigenvalue weighted by Gasteiger charge is 2.49. The fourth-order valence-electron chi connectivity index (χ4n) is 9.12. The van der Waals surface area contributed by atoms with Crippen molar-refractivity contribution < 1.29 is 0 Å². The zero-order valence-electron chi connectivity index (χ0n) is 29.6. The Morgan fingerprint density at radius 3 is 1.06 bits per heavy atom. The molecule has 52 heavy (non-hydrogen) atoms. The van der Waals surface area contributed by atoms with E-state index in [2.05, 4.69) is 220 Å². The Kier molecular flexibility index (Phi) is 8.07. The summed E-state index contributed by atoms with van der Waals surface area (Å²) >= 11 is 0. The first-order chi connectivity index (χ1) is 25.6. The van der Waals surface area contributed by atoms with Gasteiger partial charge in [0, 0.05) is 0 Å². The molecule has 2 heteroatoms. The SMILES string of the molecule is Cc1ccc2c(c1)-c1ccccc1[Si]2(c1ccccc1)c1ccccc1.Cc1ccc2c(c1)[Si](c1ccccc1)(c1ccccc1)c1ccccc1-2. The van der Waals surface area contributed by atoms with Crippen molar-refractivity contribution in [2.45, 2.75) is 13.8 Å². The summed E-state index contributed by atoms with van der Waals surface area (Å²) in [5.74, 6) is 0. The molecular weight excluding hydrogens is 657 g/mol. The second kappa shape index (κ2) is 13.1. The molecule has 10 rings (SSSR count). The van der Waals surface area contributed by atoms with Crippen molar-refractivity contribution >= 4 is 57.6 Å². The maximum atomic E-state index is 2.43. The molecule has 2 aliphatic rings. The molecule has 8 aromatic carbocycles. The molecule has 0 radical (unpaired) electrons. The monoisotopic (exact) mass is 696 g/mol. The Balaban J connectivity index is 0.000000138. The van der Waals surface area contributed by atoms with Gasteiger partial charge in [0.15, 0.2) is 16.1 Å². The first-order valence-corrected chi connectivity index (χ1v) is 22.3. The van der Waals surface area contributed by atoms with Gasteiger partial charge >= 0.3 is 0 Å². The van der Waals surface area contributed by atoms with Gasteiger partial charge in [0.1, 0.15) is 0 Å². The molecule has 0 saturated carbocycles. The van der Waals surface area contributed by atoms with E-state index < -0.39 is 16.1 Å². The molecule has 0 unspecified atom stereocenters. The summed E-state index contributed by atoms with van der Waals surface area (Å²) in [5.41, 5.74) is 8.29. The molecular formula is C50H40Si2. The van der Waals surface area contributed by atoms with E-state index in [-0.39, 0.29) is 0 Å². The number of benzene rings is 8. The van der Waals surface area contributed by atoms with Crippen LogP contribution in [0.4, 0.5) is 0 Å². The van der Waals surface area contributed by atoms with Gasteiger partial charge in [-0.2, -0.15) is 0 Å². The van der Waals surface area contributed by atoms with Crippen molar-refractivity contribution in [2.75, 3.05) is 0 Å². The fourth-order valence-corrected chi connectivity index (χ4v) is 19.6. The molecule has 0 bridgehead atoms. The van der Waals surface area contributed by atoms with E-state index in [1.54, 1.807) is 0 Å².